The molecule has 2 heteroatoms. The summed E-state index contributed by atoms with van der Waals surface area (Å²) in [5.74, 6) is 0. The summed E-state index contributed by atoms with van der Waals surface area (Å²) in [6, 6.07) is 27.8. The summed E-state index contributed by atoms with van der Waals surface area (Å²) < 4.78 is 0. The summed E-state index contributed by atoms with van der Waals surface area (Å²) in [6.45, 7) is 0. The molecule has 0 saturated carbocycles. The summed E-state index contributed by atoms with van der Waals surface area (Å²) in [6.07, 6.45) is 0. The number of rotatable bonds is 0. The maximum atomic E-state index is 10.8. The van der Waals surface area contributed by atoms with Crippen molar-refractivity contribution in [3.63, 3.8) is 0 Å². The minimum Gasteiger partial charge on any atom is -0.322 e. The van der Waals surface area contributed by atoms with Gasteiger partial charge in [-0.15, -0.1) is 0 Å². The Bertz CT molecular complexity index is 859. The third kappa shape index (κ3) is 3.18. The van der Waals surface area contributed by atoms with Gasteiger partial charge in [-0.3, -0.25) is 4.79 Å². The normalized spacial score (nSPS) is 10.1. The molecular weight excluding hydrogens is 258 g/mol. The molecular formula is C19H15NO. The molecule has 0 atom stereocenters. The largest absolute Gasteiger partial charge is 0.322 e. The van der Waals surface area contributed by atoms with Crippen LogP contribution in [0.25, 0.3) is 21.7 Å². The SMILES string of the molecule is O=c1ccc2ccccc2[nH]1.c1ccc2ccccc2c1. The first kappa shape index (κ1) is 13.1. The van der Waals surface area contributed by atoms with Crippen molar-refractivity contribution in [2.24, 2.45) is 0 Å². The number of pyridine rings is 1. The van der Waals surface area contributed by atoms with Crippen LogP contribution >= 0.6 is 0 Å². The molecule has 21 heavy (non-hydrogen) atoms. The van der Waals surface area contributed by atoms with Crippen molar-refractivity contribution >= 4 is 21.7 Å². The number of aromatic amines is 1. The van der Waals surface area contributed by atoms with Crippen molar-refractivity contribution in [1.82, 2.24) is 4.98 Å². The fraction of sp³-hybridized carbons (Fsp3) is 0. The van der Waals surface area contributed by atoms with E-state index in [0.717, 1.165) is 10.9 Å². The maximum Gasteiger partial charge on any atom is 0.248 e. The standard InChI is InChI=1S/C10H8.C9H7NO/c1-2-6-10-8-4-3-7-9(10)5-1;11-9-6-5-7-3-1-2-4-8(7)10-9/h1-8H;1-6H,(H,10,11). The van der Waals surface area contributed by atoms with E-state index in [-0.39, 0.29) is 5.56 Å². The number of aromatic nitrogens is 1. The molecule has 0 fully saturated rings. The molecule has 0 unspecified atom stereocenters. The fourth-order valence-corrected chi connectivity index (χ4v) is 2.23. The molecule has 0 bridgehead atoms. The fourth-order valence-electron chi connectivity index (χ4n) is 2.23. The van der Waals surface area contributed by atoms with Crippen molar-refractivity contribution in [2.75, 3.05) is 0 Å². The highest BCUT2D eigenvalue weighted by atomic mass is 16.1. The molecule has 0 spiro atoms. The van der Waals surface area contributed by atoms with Crippen molar-refractivity contribution < 1.29 is 0 Å². The summed E-state index contributed by atoms with van der Waals surface area (Å²) >= 11 is 0. The van der Waals surface area contributed by atoms with E-state index in [9.17, 15) is 4.79 Å². The minimum atomic E-state index is -0.0521. The van der Waals surface area contributed by atoms with Crippen LogP contribution in [0.3, 0.4) is 0 Å². The first-order chi connectivity index (χ1) is 10.3. The number of hydrogen-bond acceptors (Lipinski definition) is 1. The lowest BCUT2D eigenvalue weighted by molar-refractivity contribution is 1.31. The zero-order valence-corrected chi connectivity index (χ0v) is 11.5. The Labute approximate surface area is 122 Å². The van der Waals surface area contributed by atoms with Crippen LogP contribution < -0.4 is 5.56 Å². The Morgan fingerprint density at radius 3 is 1.57 bits per heavy atom. The monoisotopic (exact) mass is 273 g/mol. The first-order valence-electron chi connectivity index (χ1n) is 6.85. The molecule has 0 amide bonds. The molecule has 2 nitrogen and oxygen atoms in total. The van der Waals surface area contributed by atoms with E-state index in [1.54, 1.807) is 0 Å². The highest BCUT2D eigenvalue weighted by Gasteiger charge is 1.89. The van der Waals surface area contributed by atoms with Crippen molar-refractivity contribution in [3.05, 3.63) is 95.3 Å². The molecule has 0 radical (unpaired) electrons. The highest BCUT2D eigenvalue weighted by molar-refractivity contribution is 5.82. The molecule has 0 aliphatic rings. The molecule has 1 N–H and O–H groups in total. The third-order valence-electron chi connectivity index (χ3n) is 3.29. The second kappa shape index (κ2) is 6.06. The van der Waals surface area contributed by atoms with Crippen LogP contribution in [-0.2, 0) is 0 Å². The van der Waals surface area contributed by atoms with Gasteiger partial charge in [0.25, 0.3) is 0 Å². The zero-order valence-electron chi connectivity index (χ0n) is 11.5. The van der Waals surface area contributed by atoms with E-state index in [0.29, 0.717) is 0 Å². The van der Waals surface area contributed by atoms with Crippen LogP contribution in [0.4, 0.5) is 0 Å². The van der Waals surface area contributed by atoms with Gasteiger partial charge in [0, 0.05) is 11.6 Å². The van der Waals surface area contributed by atoms with Gasteiger partial charge in [0.1, 0.15) is 0 Å². The number of hydrogen-bond donors (Lipinski definition) is 1. The van der Waals surface area contributed by atoms with Gasteiger partial charge in [0.05, 0.1) is 0 Å². The number of benzene rings is 3. The Morgan fingerprint density at radius 2 is 1.00 bits per heavy atom. The van der Waals surface area contributed by atoms with Crippen LogP contribution in [0.2, 0.25) is 0 Å². The third-order valence-corrected chi connectivity index (χ3v) is 3.29. The molecule has 3 aromatic carbocycles. The lowest BCUT2D eigenvalue weighted by Gasteiger charge is -1.93. The summed E-state index contributed by atoms with van der Waals surface area (Å²) in [5, 5.41) is 3.68. The smallest absolute Gasteiger partial charge is 0.248 e. The highest BCUT2D eigenvalue weighted by Crippen LogP contribution is 2.11. The predicted octanol–water partition coefficient (Wildman–Crippen LogP) is 4.37. The van der Waals surface area contributed by atoms with Gasteiger partial charge in [-0.05, 0) is 28.3 Å². The van der Waals surface area contributed by atoms with Gasteiger partial charge in [-0.2, -0.15) is 0 Å². The minimum absolute atomic E-state index is 0.0521. The predicted molar refractivity (Wildman–Crippen MR) is 88.5 cm³/mol. The summed E-state index contributed by atoms with van der Waals surface area (Å²) in [7, 11) is 0. The molecule has 102 valence electrons. The molecule has 4 rings (SSSR count). The van der Waals surface area contributed by atoms with E-state index < -0.39 is 0 Å². The van der Waals surface area contributed by atoms with Crippen LogP contribution in [0.1, 0.15) is 0 Å². The van der Waals surface area contributed by atoms with Crippen molar-refractivity contribution in [1.29, 1.82) is 0 Å². The molecule has 1 heterocycles. The van der Waals surface area contributed by atoms with Gasteiger partial charge >= 0.3 is 0 Å². The molecule has 0 aliphatic carbocycles. The molecule has 0 aliphatic heterocycles. The lowest BCUT2D eigenvalue weighted by Crippen LogP contribution is -2.01. The van der Waals surface area contributed by atoms with E-state index >= 15 is 0 Å². The lowest BCUT2D eigenvalue weighted by atomic mass is 10.1. The average molecular weight is 273 g/mol. The Balaban J connectivity index is 0.000000126. The van der Waals surface area contributed by atoms with E-state index in [1.165, 1.54) is 16.8 Å². The Morgan fingerprint density at radius 1 is 0.524 bits per heavy atom. The van der Waals surface area contributed by atoms with E-state index in [4.69, 9.17) is 0 Å². The van der Waals surface area contributed by atoms with Gasteiger partial charge in [-0.25, -0.2) is 0 Å². The van der Waals surface area contributed by atoms with Crippen LogP contribution in [0.15, 0.2) is 89.7 Å². The first-order valence-corrected chi connectivity index (χ1v) is 6.85. The molecule has 0 saturated heterocycles. The second-order valence-electron chi connectivity index (χ2n) is 4.76. The van der Waals surface area contributed by atoms with Crippen LogP contribution in [0.5, 0.6) is 0 Å². The van der Waals surface area contributed by atoms with Crippen molar-refractivity contribution in [3.8, 4) is 0 Å². The Kier molecular flexibility index (Phi) is 3.79. The number of H-pyrrole nitrogens is 1. The molecule has 4 aromatic rings. The van der Waals surface area contributed by atoms with Gasteiger partial charge in [0.2, 0.25) is 5.56 Å². The quantitative estimate of drug-likeness (QED) is 0.507. The zero-order chi connectivity index (χ0) is 14.5. The van der Waals surface area contributed by atoms with Gasteiger partial charge < -0.3 is 4.98 Å². The Hall–Kier alpha value is -2.87. The van der Waals surface area contributed by atoms with Crippen LogP contribution in [-0.4, -0.2) is 4.98 Å². The summed E-state index contributed by atoms with van der Waals surface area (Å²) in [4.78, 5) is 13.6. The maximum absolute atomic E-state index is 10.8. The van der Waals surface area contributed by atoms with Crippen LogP contribution in [0, 0.1) is 0 Å². The van der Waals surface area contributed by atoms with Gasteiger partial charge in [0.15, 0.2) is 0 Å². The van der Waals surface area contributed by atoms with E-state index in [2.05, 4.69) is 53.5 Å². The number of para-hydroxylation sites is 1. The topological polar surface area (TPSA) is 32.9 Å². The summed E-state index contributed by atoms with van der Waals surface area (Å²) in [5.41, 5.74) is 0.837. The average Bonchev–Trinajstić information content (AvgIpc) is 2.55. The number of nitrogens with one attached hydrogen (secondary N) is 1. The second-order valence-corrected chi connectivity index (χ2v) is 4.76. The molecule has 1 aromatic heterocycles. The number of fused-ring (bicyclic) bond motifs is 2. The van der Waals surface area contributed by atoms with Gasteiger partial charge in [-0.1, -0.05) is 66.7 Å². The van der Waals surface area contributed by atoms with Crippen molar-refractivity contribution in [2.45, 2.75) is 0 Å². The van der Waals surface area contributed by atoms with E-state index in [1.807, 2.05) is 30.3 Å².